The molecular formula is C12H17ClN2O2S. The Morgan fingerprint density at radius 3 is 2.67 bits per heavy atom. The number of halogens is 1. The second-order valence-corrected chi connectivity index (χ2v) is 6.78. The van der Waals surface area contributed by atoms with E-state index in [1.165, 1.54) is 18.6 Å². The third-order valence-electron chi connectivity index (χ3n) is 3.33. The Labute approximate surface area is 113 Å². The minimum absolute atomic E-state index is 0.227. The summed E-state index contributed by atoms with van der Waals surface area (Å²) in [5.74, 6) is 0.487. The minimum Gasteiger partial charge on any atom is -0.326 e. The van der Waals surface area contributed by atoms with Gasteiger partial charge in [0.25, 0.3) is 0 Å². The lowest BCUT2D eigenvalue weighted by atomic mass is 9.86. The van der Waals surface area contributed by atoms with Crippen LogP contribution in [0.3, 0.4) is 0 Å². The number of rotatable bonds is 5. The van der Waals surface area contributed by atoms with Crippen molar-refractivity contribution >= 4 is 21.6 Å². The first-order valence-corrected chi connectivity index (χ1v) is 7.87. The first-order valence-electron chi connectivity index (χ1n) is 6.01. The molecule has 0 radical (unpaired) electrons. The van der Waals surface area contributed by atoms with Crippen molar-refractivity contribution in [3.8, 4) is 0 Å². The lowest BCUT2D eigenvalue weighted by Gasteiger charge is -2.25. The van der Waals surface area contributed by atoms with Crippen molar-refractivity contribution in [3.05, 3.63) is 28.8 Å². The van der Waals surface area contributed by atoms with Crippen molar-refractivity contribution in [2.45, 2.75) is 30.7 Å². The van der Waals surface area contributed by atoms with Crippen LogP contribution >= 0.6 is 11.6 Å². The van der Waals surface area contributed by atoms with Gasteiger partial charge in [-0.1, -0.05) is 18.0 Å². The fraction of sp³-hybridized carbons (Fsp3) is 0.500. The highest BCUT2D eigenvalue weighted by atomic mass is 35.5. The molecule has 3 N–H and O–H groups in total. The Bertz CT molecular complexity index is 527. The largest absolute Gasteiger partial charge is 0.326 e. The standard InChI is InChI=1S/C12H17ClN2O2S/c13-12-5-4-11(6-10(12)7-14)18(16,17)15-8-9-2-1-3-9/h4-6,9,15H,1-3,7-8,14H2. The quantitative estimate of drug-likeness (QED) is 0.869. The average molecular weight is 289 g/mol. The van der Waals surface area contributed by atoms with Crippen LogP contribution in [0.25, 0.3) is 0 Å². The van der Waals surface area contributed by atoms with Crippen LogP contribution in [0.1, 0.15) is 24.8 Å². The Morgan fingerprint density at radius 2 is 2.11 bits per heavy atom. The topological polar surface area (TPSA) is 72.2 Å². The van der Waals surface area contributed by atoms with Gasteiger partial charge in [-0.05, 0) is 42.5 Å². The molecule has 1 aromatic rings. The minimum atomic E-state index is -3.45. The van der Waals surface area contributed by atoms with Gasteiger partial charge in [0.15, 0.2) is 0 Å². The number of hydrogen-bond donors (Lipinski definition) is 2. The van der Waals surface area contributed by atoms with E-state index in [9.17, 15) is 8.42 Å². The summed E-state index contributed by atoms with van der Waals surface area (Å²) in [5, 5.41) is 0.496. The average Bonchev–Trinajstić information content (AvgIpc) is 2.27. The predicted octanol–water partition coefficient (Wildman–Crippen LogP) is 1.88. The molecule has 0 heterocycles. The van der Waals surface area contributed by atoms with Crippen molar-refractivity contribution in [1.82, 2.24) is 4.72 Å². The fourth-order valence-corrected chi connectivity index (χ4v) is 3.24. The highest BCUT2D eigenvalue weighted by Crippen LogP contribution is 2.26. The van der Waals surface area contributed by atoms with Gasteiger partial charge >= 0.3 is 0 Å². The third-order valence-corrected chi connectivity index (χ3v) is 5.12. The SMILES string of the molecule is NCc1cc(S(=O)(=O)NCC2CCC2)ccc1Cl. The smallest absolute Gasteiger partial charge is 0.240 e. The highest BCUT2D eigenvalue weighted by Gasteiger charge is 2.21. The van der Waals surface area contributed by atoms with Crippen molar-refractivity contribution in [2.24, 2.45) is 11.7 Å². The maximum absolute atomic E-state index is 12.1. The molecule has 0 amide bonds. The van der Waals surface area contributed by atoms with Gasteiger partial charge in [0.2, 0.25) is 10.0 Å². The van der Waals surface area contributed by atoms with E-state index in [1.54, 1.807) is 6.07 Å². The molecule has 1 aromatic carbocycles. The Balaban J connectivity index is 2.12. The van der Waals surface area contributed by atoms with Crippen molar-refractivity contribution in [2.75, 3.05) is 6.54 Å². The molecule has 1 saturated carbocycles. The van der Waals surface area contributed by atoms with Gasteiger partial charge in [-0.25, -0.2) is 13.1 Å². The molecule has 4 nitrogen and oxygen atoms in total. The summed E-state index contributed by atoms with van der Waals surface area (Å²) in [6.07, 6.45) is 3.42. The molecule has 0 aliphatic heterocycles. The van der Waals surface area contributed by atoms with E-state index in [0.29, 0.717) is 23.0 Å². The molecule has 100 valence electrons. The van der Waals surface area contributed by atoms with Crippen LogP contribution in [-0.4, -0.2) is 15.0 Å². The fourth-order valence-electron chi connectivity index (χ4n) is 1.88. The van der Waals surface area contributed by atoms with Crippen molar-refractivity contribution in [3.63, 3.8) is 0 Å². The Hall–Kier alpha value is -0.620. The van der Waals surface area contributed by atoms with Gasteiger partial charge in [-0.2, -0.15) is 0 Å². The number of nitrogens with two attached hydrogens (primary N) is 1. The summed E-state index contributed by atoms with van der Waals surface area (Å²) < 4.78 is 26.8. The number of hydrogen-bond acceptors (Lipinski definition) is 3. The van der Waals surface area contributed by atoms with E-state index >= 15 is 0 Å². The number of benzene rings is 1. The maximum Gasteiger partial charge on any atom is 0.240 e. The summed E-state index contributed by atoms with van der Waals surface area (Å²) in [5.41, 5.74) is 6.16. The van der Waals surface area contributed by atoms with Gasteiger partial charge < -0.3 is 5.73 Å². The molecule has 0 saturated heterocycles. The second kappa shape index (κ2) is 5.57. The number of nitrogens with one attached hydrogen (secondary N) is 1. The van der Waals surface area contributed by atoms with E-state index < -0.39 is 10.0 Å². The van der Waals surface area contributed by atoms with Crippen molar-refractivity contribution < 1.29 is 8.42 Å². The molecule has 0 atom stereocenters. The number of sulfonamides is 1. The van der Waals surface area contributed by atoms with E-state index in [2.05, 4.69) is 4.72 Å². The molecule has 0 bridgehead atoms. The van der Waals surface area contributed by atoms with E-state index in [4.69, 9.17) is 17.3 Å². The molecule has 2 rings (SSSR count). The second-order valence-electron chi connectivity index (χ2n) is 4.61. The maximum atomic E-state index is 12.1. The van der Waals surface area contributed by atoms with Gasteiger partial charge in [-0.3, -0.25) is 0 Å². The molecule has 18 heavy (non-hydrogen) atoms. The van der Waals surface area contributed by atoms with Gasteiger partial charge in [0.1, 0.15) is 0 Å². The van der Waals surface area contributed by atoms with Gasteiger partial charge in [-0.15, -0.1) is 0 Å². The summed E-state index contributed by atoms with van der Waals surface area (Å²) in [6, 6.07) is 4.61. The first-order chi connectivity index (χ1) is 8.53. The van der Waals surface area contributed by atoms with E-state index in [-0.39, 0.29) is 11.4 Å². The summed E-state index contributed by atoms with van der Waals surface area (Å²) >= 11 is 5.91. The normalized spacial score (nSPS) is 16.6. The molecular weight excluding hydrogens is 272 g/mol. The van der Waals surface area contributed by atoms with Crippen molar-refractivity contribution in [1.29, 1.82) is 0 Å². The summed E-state index contributed by atoms with van der Waals surface area (Å²) in [6.45, 7) is 0.744. The molecule has 0 aromatic heterocycles. The molecule has 6 heteroatoms. The molecule has 1 aliphatic carbocycles. The Morgan fingerprint density at radius 1 is 1.39 bits per heavy atom. The van der Waals surface area contributed by atoms with Gasteiger partial charge in [0.05, 0.1) is 4.90 Å². The van der Waals surface area contributed by atoms with E-state index in [1.807, 2.05) is 0 Å². The lowest BCUT2D eigenvalue weighted by Crippen LogP contribution is -2.32. The third kappa shape index (κ3) is 3.03. The summed E-state index contributed by atoms with van der Waals surface area (Å²) in [7, 11) is -3.45. The molecule has 1 fully saturated rings. The Kier molecular flexibility index (Phi) is 4.27. The van der Waals surface area contributed by atoms with Crippen LogP contribution in [0.15, 0.2) is 23.1 Å². The predicted molar refractivity (Wildman–Crippen MR) is 71.9 cm³/mol. The van der Waals surface area contributed by atoms with E-state index in [0.717, 1.165) is 12.8 Å². The highest BCUT2D eigenvalue weighted by molar-refractivity contribution is 7.89. The monoisotopic (exact) mass is 288 g/mol. The summed E-state index contributed by atoms with van der Waals surface area (Å²) in [4.78, 5) is 0.228. The van der Waals surface area contributed by atoms with Gasteiger partial charge in [0, 0.05) is 18.1 Å². The molecule has 0 spiro atoms. The van der Waals surface area contributed by atoms with Crippen LogP contribution in [0, 0.1) is 5.92 Å². The zero-order valence-corrected chi connectivity index (χ0v) is 11.6. The van der Waals surface area contributed by atoms with Crippen LogP contribution in [-0.2, 0) is 16.6 Å². The lowest BCUT2D eigenvalue weighted by molar-refractivity contribution is 0.316. The van der Waals surface area contributed by atoms with Crippen LogP contribution in [0.4, 0.5) is 0 Å². The van der Waals surface area contributed by atoms with Crippen LogP contribution < -0.4 is 10.5 Å². The molecule has 0 unspecified atom stereocenters. The molecule has 1 aliphatic rings. The van der Waals surface area contributed by atoms with Crippen LogP contribution in [0.5, 0.6) is 0 Å². The zero-order valence-electron chi connectivity index (χ0n) is 10.0. The zero-order chi connectivity index (χ0) is 13.2. The first kappa shape index (κ1) is 13.8. The van der Waals surface area contributed by atoms with Crippen LogP contribution in [0.2, 0.25) is 5.02 Å².